The van der Waals surface area contributed by atoms with Crippen LogP contribution in [-0.2, 0) is 4.74 Å². The number of esters is 1. The van der Waals surface area contributed by atoms with Crippen LogP contribution in [0.25, 0.3) is 6.08 Å². The number of ether oxygens (including phenoxy) is 1. The second-order valence-electron chi connectivity index (χ2n) is 3.00. The summed E-state index contributed by atoms with van der Waals surface area (Å²) in [6.07, 6.45) is 4.74. The molecule has 0 saturated carbocycles. The topological polar surface area (TPSA) is 26.3 Å². The van der Waals surface area contributed by atoms with E-state index in [-0.39, 0.29) is 5.97 Å². The molecule has 0 bridgehead atoms. The van der Waals surface area contributed by atoms with Gasteiger partial charge in [-0.1, -0.05) is 24.3 Å². The summed E-state index contributed by atoms with van der Waals surface area (Å²) in [6.45, 7) is 0. The molecule has 0 spiro atoms. The molecule has 2 nitrogen and oxygen atoms in total. The summed E-state index contributed by atoms with van der Waals surface area (Å²) in [5.41, 5.74) is 1.54. The molecule has 0 aliphatic heterocycles. The molecule has 80 valence electrons. The molecule has 0 aliphatic carbocycles. The van der Waals surface area contributed by atoms with E-state index in [9.17, 15) is 4.79 Å². The molecule has 15 heavy (non-hydrogen) atoms. The van der Waals surface area contributed by atoms with Gasteiger partial charge in [-0.2, -0.15) is 0 Å². The van der Waals surface area contributed by atoms with Crippen molar-refractivity contribution in [2.75, 3.05) is 13.0 Å². The molecule has 3 heteroatoms. The molecule has 0 aromatic heterocycles. The average Bonchev–Trinajstić information content (AvgIpc) is 2.29. The number of alkyl halides is 1. The summed E-state index contributed by atoms with van der Waals surface area (Å²) in [4.78, 5) is 11.2. The lowest BCUT2D eigenvalue weighted by Gasteiger charge is -1.99. The molecule has 1 aromatic carbocycles. The number of hydrogen-bond donors (Lipinski definition) is 0. The van der Waals surface area contributed by atoms with Crippen LogP contribution in [0.5, 0.6) is 0 Å². The van der Waals surface area contributed by atoms with E-state index in [4.69, 9.17) is 11.6 Å². The predicted octanol–water partition coefficient (Wildman–Crippen LogP) is 3.12. The van der Waals surface area contributed by atoms with Crippen LogP contribution in [0.1, 0.15) is 22.3 Å². The minimum Gasteiger partial charge on any atom is -0.465 e. The molecule has 0 fully saturated rings. The second-order valence-corrected chi connectivity index (χ2v) is 3.38. The first-order chi connectivity index (χ1) is 7.27. The summed E-state index contributed by atoms with van der Waals surface area (Å²) < 4.78 is 4.63. The third-order valence-corrected chi connectivity index (χ3v) is 2.11. The standard InChI is InChI=1S/C12H13ClO2/c1-15-12(14)11-7-4-6-10(9-11)5-2-3-8-13/h2,4-7,9H,3,8H2,1H3. The molecule has 0 N–H and O–H groups in total. The molecule has 0 heterocycles. The zero-order chi connectivity index (χ0) is 11.1. The lowest BCUT2D eigenvalue weighted by atomic mass is 10.1. The highest BCUT2D eigenvalue weighted by atomic mass is 35.5. The van der Waals surface area contributed by atoms with Crippen LogP contribution in [0.15, 0.2) is 30.3 Å². The smallest absolute Gasteiger partial charge is 0.337 e. The van der Waals surface area contributed by atoms with Crippen LogP contribution in [0, 0.1) is 0 Å². The Hall–Kier alpha value is -1.28. The monoisotopic (exact) mass is 224 g/mol. The molecule has 0 atom stereocenters. The normalized spacial score (nSPS) is 10.5. The maximum Gasteiger partial charge on any atom is 0.337 e. The number of hydrogen-bond acceptors (Lipinski definition) is 2. The molecule has 1 aromatic rings. The number of allylic oxidation sites excluding steroid dienone is 1. The van der Waals surface area contributed by atoms with Gasteiger partial charge in [-0.05, 0) is 24.1 Å². The predicted molar refractivity (Wildman–Crippen MR) is 62.2 cm³/mol. The van der Waals surface area contributed by atoms with E-state index >= 15 is 0 Å². The molecule has 0 radical (unpaired) electrons. The minimum absolute atomic E-state index is 0.317. The number of carbonyl (C=O) groups is 1. The second kappa shape index (κ2) is 6.25. The van der Waals surface area contributed by atoms with Crippen molar-refractivity contribution in [1.29, 1.82) is 0 Å². The maximum absolute atomic E-state index is 11.2. The molecule has 0 unspecified atom stereocenters. The largest absolute Gasteiger partial charge is 0.465 e. The Morgan fingerprint density at radius 2 is 2.33 bits per heavy atom. The quantitative estimate of drug-likeness (QED) is 0.580. The SMILES string of the molecule is COC(=O)c1cccc(C=CCCCl)c1. The van der Waals surface area contributed by atoms with Crippen LogP contribution >= 0.6 is 11.6 Å². The van der Waals surface area contributed by atoms with Crippen molar-refractivity contribution in [3.8, 4) is 0 Å². The molecule has 0 amide bonds. The first-order valence-electron chi connectivity index (χ1n) is 4.69. The Bertz CT molecular complexity index is 358. The van der Waals surface area contributed by atoms with Gasteiger partial charge in [0.1, 0.15) is 0 Å². The Kier molecular flexibility index (Phi) is 4.91. The van der Waals surface area contributed by atoms with E-state index < -0.39 is 0 Å². The summed E-state index contributed by atoms with van der Waals surface area (Å²) in [5.74, 6) is 0.287. The minimum atomic E-state index is -0.317. The molecule has 0 saturated heterocycles. The highest BCUT2D eigenvalue weighted by Crippen LogP contribution is 2.08. The van der Waals surface area contributed by atoms with E-state index in [2.05, 4.69) is 4.74 Å². The van der Waals surface area contributed by atoms with Crippen LogP contribution in [0.3, 0.4) is 0 Å². The highest BCUT2D eigenvalue weighted by molar-refractivity contribution is 6.17. The third-order valence-electron chi connectivity index (χ3n) is 1.89. The first kappa shape index (κ1) is 11.8. The van der Waals surface area contributed by atoms with Crippen molar-refractivity contribution in [2.24, 2.45) is 0 Å². The number of carbonyl (C=O) groups excluding carboxylic acids is 1. The Balaban J connectivity index is 2.78. The fourth-order valence-electron chi connectivity index (χ4n) is 1.17. The number of halogens is 1. The van der Waals surface area contributed by atoms with Gasteiger partial charge in [0.2, 0.25) is 0 Å². The Labute approximate surface area is 94.5 Å². The van der Waals surface area contributed by atoms with Crippen molar-refractivity contribution in [2.45, 2.75) is 6.42 Å². The van der Waals surface area contributed by atoms with Crippen LogP contribution in [-0.4, -0.2) is 19.0 Å². The van der Waals surface area contributed by atoms with E-state index in [0.29, 0.717) is 11.4 Å². The lowest BCUT2D eigenvalue weighted by molar-refractivity contribution is 0.0600. The van der Waals surface area contributed by atoms with Crippen LogP contribution in [0.2, 0.25) is 0 Å². The van der Waals surface area contributed by atoms with E-state index in [0.717, 1.165) is 12.0 Å². The van der Waals surface area contributed by atoms with Gasteiger partial charge in [0.05, 0.1) is 12.7 Å². The number of benzene rings is 1. The van der Waals surface area contributed by atoms with Crippen molar-refractivity contribution in [1.82, 2.24) is 0 Å². The summed E-state index contributed by atoms with van der Waals surface area (Å²) in [5, 5.41) is 0. The number of methoxy groups -OCH3 is 1. The Morgan fingerprint density at radius 3 is 3.00 bits per heavy atom. The molecule has 0 aliphatic rings. The van der Waals surface area contributed by atoms with Gasteiger partial charge in [0.15, 0.2) is 0 Å². The summed E-state index contributed by atoms with van der Waals surface area (Å²) >= 11 is 5.55. The first-order valence-corrected chi connectivity index (χ1v) is 5.22. The van der Waals surface area contributed by atoms with E-state index in [1.807, 2.05) is 24.3 Å². The third kappa shape index (κ3) is 3.76. The molecule has 1 rings (SSSR count). The van der Waals surface area contributed by atoms with Gasteiger partial charge >= 0.3 is 5.97 Å². The van der Waals surface area contributed by atoms with Gasteiger partial charge < -0.3 is 4.74 Å². The van der Waals surface area contributed by atoms with Crippen LogP contribution in [0.4, 0.5) is 0 Å². The number of rotatable bonds is 4. The molecular formula is C12H13ClO2. The molecular weight excluding hydrogens is 212 g/mol. The summed E-state index contributed by atoms with van der Waals surface area (Å²) in [6, 6.07) is 7.27. The van der Waals surface area contributed by atoms with Crippen LogP contribution < -0.4 is 0 Å². The summed E-state index contributed by atoms with van der Waals surface area (Å²) in [7, 11) is 1.37. The zero-order valence-electron chi connectivity index (χ0n) is 8.57. The van der Waals surface area contributed by atoms with Crippen molar-refractivity contribution >= 4 is 23.6 Å². The average molecular weight is 225 g/mol. The van der Waals surface area contributed by atoms with Gasteiger partial charge in [-0.25, -0.2) is 4.79 Å². The fourth-order valence-corrected chi connectivity index (χ4v) is 1.30. The Morgan fingerprint density at radius 1 is 1.53 bits per heavy atom. The highest BCUT2D eigenvalue weighted by Gasteiger charge is 2.03. The van der Waals surface area contributed by atoms with Gasteiger partial charge in [0, 0.05) is 5.88 Å². The van der Waals surface area contributed by atoms with E-state index in [1.54, 1.807) is 12.1 Å². The van der Waals surface area contributed by atoms with Gasteiger partial charge in [-0.3, -0.25) is 0 Å². The van der Waals surface area contributed by atoms with Crippen molar-refractivity contribution < 1.29 is 9.53 Å². The van der Waals surface area contributed by atoms with Gasteiger partial charge in [-0.15, -0.1) is 11.6 Å². The van der Waals surface area contributed by atoms with E-state index in [1.165, 1.54) is 7.11 Å². The zero-order valence-corrected chi connectivity index (χ0v) is 9.33. The van der Waals surface area contributed by atoms with Crippen molar-refractivity contribution in [3.05, 3.63) is 41.5 Å². The maximum atomic E-state index is 11.2. The van der Waals surface area contributed by atoms with Crippen molar-refractivity contribution in [3.63, 3.8) is 0 Å². The lowest BCUT2D eigenvalue weighted by Crippen LogP contribution is -2.00. The fraction of sp³-hybridized carbons (Fsp3) is 0.250. The van der Waals surface area contributed by atoms with Gasteiger partial charge in [0.25, 0.3) is 0 Å².